The zero-order valence-electron chi connectivity index (χ0n) is 17.5. The van der Waals surface area contributed by atoms with Gasteiger partial charge in [0.25, 0.3) is 0 Å². The third-order valence-electron chi connectivity index (χ3n) is 5.77. The Morgan fingerprint density at radius 2 is 1.23 bits per heavy atom. The Labute approximate surface area is 184 Å². The largest absolute Gasteiger partial charge is 0.295 e. The second-order valence-corrected chi connectivity index (χ2v) is 9.68. The van der Waals surface area contributed by atoms with Crippen LogP contribution in [0.4, 0.5) is 0 Å². The molecule has 0 amide bonds. The van der Waals surface area contributed by atoms with Crippen LogP contribution in [0.15, 0.2) is 89.8 Å². The van der Waals surface area contributed by atoms with E-state index in [2.05, 4.69) is 29.2 Å². The smallest absolute Gasteiger partial charge is 0.243 e. The van der Waals surface area contributed by atoms with E-state index in [1.807, 2.05) is 36.4 Å². The average molecular weight is 435 g/mol. The predicted molar refractivity (Wildman–Crippen MR) is 122 cm³/mol. The maximum Gasteiger partial charge on any atom is 0.243 e. The van der Waals surface area contributed by atoms with E-state index in [9.17, 15) is 13.2 Å². The summed E-state index contributed by atoms with van der Waals surface area (Å²) in [7, 11) is -3.59. The van der Waals surface area contributed by atoms with Crippen LogP contribution in [-0.2, 0) is 10.0 Å². The summed E-state index contributed by atoms with van der Waals surface area (Å²) in [6.07, 6.45) is 0. The van der Waals surface area contributed by atoms with Crippen LogP contribution < -0.4 is 0 Å². The Hall–Kier alpha value is -2.80. The molecule has 3 aromatic carbocycles. The third-order valence-corrected chi connectivity index (χ3v) is 7.68. The molecule has 160 valence electrons. The van der Waals surface area contributed by atoms with Gasteiger partial charge in [0.1, 0.15) is 0 Å². The van der Waals surface area contributed by atoms with Crippen molar-refractivity contribution in [1.29, 1.82) is 0 Å². The van der Waals surface area contributed by atoms with Gasteiger partial charge in [0.05, 0.1) is 10.9 Å². The SMILES string of the molecule is CC(=O)c1ccc(S(=O)(=O)N2CCN(C(c3ccccc3)c3ccccc3)CC2)cc1. The molecule has 0 aliphatic carbocycles. The Morgan fingerprint density at radius 3 is 1.68 bits per heavy atom. The average Bonchev–Trinajstić information content (AvgIpc) is 2.81. The normalized spacial score (nSPS) is 15.8. The van der Waals surface area contributed by atoms with E-state index in [0.29, 0.717) is 31.7 Å². The molecule has 5 nitrogen and oxygen atoms in total. The molecule has 1 saturated heterocycles. The van der Waals surface area contributed by atoms with Gasteiger partial charge in [-0.25, -0.2) is 8.42 Å². The molecular formula is C25H26N2O3S. The summed E-state index contributed by atoms with van der Waals surface area (Å²) in [5.74, 6) is -0.0783. The van der Waals surface area contributed by atoms with E-state index >= 15 is 0 Å². The van der Waals surface area contributed by atoms with Crippen molar-refractivity contribution in [1.82, 2.24) is 9.21 Å². The zero-order chi connectivity index (χ0) is 21.8. The molecule has 6 heteroatoms. The van der Waals surface area contributed by atoms with Gasteiger partial charge in [-0.05, 0) is 30.2 Å². The third kappa shape index (κ3) is 4.61. The summed E-state index contributed by atoms with van der Waals surface area (Å²) in [4.78, 5) is 14.0. The molecule has 1 aliphatic heterocycles. The second kappa shape index (κ2) is 9.14. The lowest BCUT2D eigenvalue weighted by Gasteiger charge is -2.39. The van der Waals surface area contributed by atoms with Gasteiger partial charge < -0.3 is 0 Å². The summed E-state index contributed by atoms with van der Waals surface area (Å²) >= 11 is 0. The van der Waals surface area contributed by atoms with Crippen LogP contribution in [0.25, 0.3) is 0 Å². The Kier molecular flexibility index (Phi) is 6.32. The van der Waals surface area contributed by atoms with E-state index in [0.717, 1.165) is 0 Å². The molecule has 1 heterocycles. The highest BCUT2D eigenvalue weighted by atomic mass is 32.2. The molecular weight excluding hydrogens is 408 g/mol. The van der Waals surface area contributed by atoms with E-state index in [-0.39, 0.29) is 16.7 Å². The number of carbonyl (C=O) groups excluding carboxylic acids is 1. The van der Waals surface area contributed by atoms with Gasteiger partial charge in [0, 0.05) is 31.7 Å². The predicted octanol–water partition coefficient (Wildman–Crippen LogP) is 3.99. The monoisotopic (exact) mass is 434 g/mol. The first kappa shape index (κ1) is 21.4. The molecule has 4 rings (SSSR count). The van der Waals surface area contributed by atoms with E-state index in [4.69, 9.17) is 0 Å². The number of hydrogen-bond donors (Lipinski definition) is 0. The van der Waals surface area contributed by atoms with Gasteiger partial charge >= 0.3 is 0 Å². The van der Waals surface area contributed by atoms with Crippen LogP contribution >= 0.6 is 0 Å². The fraction of sp³-hybridized carbons (Fsp3) is 0.240. The minimum Gasteiger partial charge on any atom is -0.295 e. The van der Waals surface area contributed by atoms with Crippen molar-refractivity contribution in [2.24, 2.45) is 0 Å². The van der Waals surface area contributed by atoms with Gasteiger partial charge in [0.15, 0.2) is 5.78 Å². The van der Waals surface area contributed by atoms with Gasteiger partial charge in [-0.2, -0.15) is 4.31 Å². The van der Waals surface area contributed by atoms with Gasteiger partial charge in [-0.3, -0.25) is 9.69 Å². The first-order valence-electron chi connectivity index (χ1n) is 10.4. The number of carbonyl (C=O) groups is 1. The Balaban J connectivity index is 1.53. The topological polar surface area (TPSA) is 57.7 Å². The van der Waals surface area contributed by atoms with E-state index < -0.39 is 10.0 Å². The molecule has 0 aromatic heterocycles. The summed E-state index contributed by atoms with van der Waals surface area (Å²) < 4.78 is 27.8. The van der Waals surface area contributed by atoms with Gasteiger partial charge in [-0.15, -0.1) is 0 Å². The fourth-order valence-electron chi connectivity index (χ4n) is 4.10. The van der Waals surface area contributed by atoms with Crippen molar-refractivity contribution < 1.29 is 13.2 Å². The number of hydrogen-bond acceptors (Lipinski definition) is 4. The quantitative estimate of drug-likeness (QED) is 0.551. The molecule has 0 N–H and O–H groups in total. The summed E-state index contributed by atoms with van der Waals surface area (Å²) in [5, 5.41) is 0. The molecule has 31 heavy (non-hydrogen) atoms. The lowest BCUT2D eigenvalue weighted by Crippen LogP contribution is -2.49. The van der Waals surface area contributed by atoms with Crippen molar-refractivity contribution in [3.63, 3.8) is 0 Å². The van der Waals surface area contributed by atoms with Crippen LogP contribution in [0, 0.1) is 0 Å². The van der Waals surface area contributed by atoms with Crippen molar-refractivity contribution >= 4 is 15.8 Å². The molecule has 0 saturated carbocycles. The summed E-state index contributed by atoms with van der Waals surface area (Å²) in [6, 6.07) is 26.9. The van der Waals surface area contributed by atoms with Crippen molar-refractivity contribution in [3.8, 4) is 0 Å². The van der Waals surface area contributed by atoms with Crippen molar-refractivity contribution in [3.05, 3.63) is 102 Å². The molecule has 0 radical (unpaired) electrons. The second-order valence-electron chi connectivity index (χ2n) is 7.74. The number of benzene rings is 3. The number of rotatable bonds is 6. The minimum atomic E-state index is -3.59. The van der Waals surface area contributed by atoms with E-state index in [1.54, 1.807) is 16.4 Å². The first-order chi connectivity index (χ1) is 15.0. The molecule has 0 spiro atoms. The Morgan fingerprint density at radius 1 is 0.742 bits per heavy atom. The molecule has 1 aliphatic rings. The number of Topliss-reactive ketones (excluding diaryl/α,β-unsaturated/α-hetero) is 1. The number of nitrogens with zero attached hydrogens (tertiary/aromatic N) is 2. The zero-order valence-corrected chi connectivity index (χ0v) is 18.3. The number of ketones is 1. The molecule has 3 aromatic rings. The van der Waals surface area contributed by atoms with Gasteiger partial charge in [0.2, 0.25) is 10.0 Å². The van der Waals surface area contributed by atoms with Crippen LogP contribution in [0.1, 0.15) is 34.5 Å². The number of piperazine rings is 1. The molecule has 1 fully saturated rings. The summed E-state index contributed by atoms with van der Waals surface area (Å²) in [6.45, 7) is 3.59. The fourth-order valence-corrected chi connectivity index (χ4v) is 5.52. The molecule has 0 atom stereocenters. The van der Waals surface area contributed by atoms with Crippen LogP contribution in [0.2, 0.25) is 0 Å². The summed E-state index contributed by atoms with van der Waals surface area (Å²) in [5.41, 5.74) is 2.91. The molecule has 0 unspecified atom stereocenters. The highest BCUT2D eigenvalue weighted by Gasteiger charge is 2.32. The maximum absolute atomic E-state index is 13.1. The molecule has 0 bridgehead atoms. The van der Waals surface area contributed by atoms with Crippen LogP contribution in [0.5, 0.6) is 0 Å². The lowest BCUT2D eigenvalue weighted by atomic mass is 9.96. The first-order valence-corrected chi connectivity index (χ1v) is 11.9. The minimum absolute atomic E-state index is 0.0783. The highest BCUT2D eigenvalue weighted by molar-refractivity contribution is 7.89. The number of sulfonamides is 1. The Bertz CT molecular complexity index is 1080. The van der Waals surface area contributed by atoms with Gasteiger partial charge in [-0.1, -0.05) is 72.8 Å². The maximum atomic E-state index is 13.1. The van der Waals surface area contributed by atoms with E-state index in [1.165, 1.54) is 30.2 Å². The highest BCUT2D eigenvalue weighted by Crippen LogP contribution is 2.30. The lowest BCUT2D eigenvalue weighted by molar-refractivity contribution is 0.101. The standard InChI is InChI=1S/C25H26N2O3S/c1-20(28)21-12-14-24(15-13-21)31(29,30)27-18-16-26(17-19-27)25(22-8-4-2-5-9-22)23-10-6-3-7-11-23/h2-15,25H,16-19H2,1H3. The van der Waals surface area contributed by atoms with Crippen LogP contribution in [0.3, 0.4) is 0 Å². The van der Waals surface area contributed by atoms with Crippen LogP contribution in [-0.4, -0.2) is 49.6 Å². The van der Waals surface area contributed by atoms with Crippen molar-refractivity contribution in [2.45, 2.75) is 17.9 Å². The van der Waals surface area contributed by atoms with Crippen molar-refractivity contribution in [2.75, 3.05) is 26.2 Å².